The third-order valence-electron chi connectivity index (χ3n) is 6.62. The van der Waals surface area contributed by atoms with E-state index in [1.54, 1.807) is 25.4 Å². The molecule has 0 unspecified atom stereocenters. The smallest absolute Gasteiger partial charge is 0.293 e. The van der Waals surface area contributed by atoms with Gasteiger partial charge in [0.15, 0.2) is 0 Å². The summed E-state index contributed by atoms with van der Waals surface area (Å²) in [7, 11) is 1.57. The highest BCUT2D eigenvalue weighted by atomic mass is 35.5. The molecule has 0 N–H and O–H groups in total. The third-order valence-corrected chi connectivity index (χ3v) is 6.86. The number of anilines is 1. The van der Waals surface area contributed by atoms with Crippen LogP contribution in [0, 0.1) is 5.82 Å². The van der Waals surface area contributed by atoms with E-state index in [1.165, 1.54) is 10.7 Å². The minimum atomic E-state index is -0.475. The van der Waals surface area contributed by atoms with E-state index in [-0.39, 0.29) is 23.3 Å². The summed E-state index contributed by atoms with van der Waals surface area (Å²) in [4.78, 5) is 19.8. The zero-order chi connectivity index (χ0) is 24.3. The van der Waals surface area contributed by atoms with Crippen LogP contribution in [0.5, 0.6) is 0 Å². The Bertz CT molecular complexity index is 1500. The highest BCUT2D eigenvalue weighted by molar-refractivity contribution is 6.30. The molecule has 1 aliphatic carbocycles. The molecule has 4 aromatic rings. The summed E-state index contributed by atoms with van der Waals surface area (Å²) in [6, 6.07) is 6.82. The lowest BCUT2D eigenvalue weighted by molar-refractivity contribution is -0.0176. The Labute approximate surface area is 205 Å². The highest BCUT2D eigenvalue weighted by Crippen LogP contribution is 2.37. The van der Waals surface area contributed by atoms with Gasteiger partial charge in [0.25, 0.3) is 5.56 Å². The van der Waals surface area contributed by atoms with Crippen LogP contribution >= 0.6 is 11.6 Å². The molecule has 0 amide bonds. The number of halogens is 2. The topological polar surface area (TPSA) is 78.1 Å². The maximum absolute atomic E-state index is 15.0. The molecule has 3 aromatic heterocycles. The number of pyridine rings is 1. The Hall–Kier alpha value is -3.30. The Morgan fingerprint density at radius 3 is 2.71 bits per heavy atom. The first-order valence-electron chi connectivity index (χ1n) is 11.6. The van der Waals surface area contributed by atoms with Crippen molar-refractivity contribution in [1.29, 1.82) is 0 Å². The van der Waals surface area contributed by atoms with Crippen LogP contribution in [0.4, 0.5) is 10.2 Å². The van der Waals surface area contributed by atoms with Crippen LogP contribution in [0.15, 0.2) is 47.7 Å². The van der Waals surface area contributed by atoms with Crippen LogP contribution in [-0.2, 0) is 11.8 Å². The van der Waals surface area contributed by atoms with Gasteiger partial charge in [-0.05, 0) is 49.6 Å². The summed E-state index contributed by atoms with van der Waals surface area (Å²) >= 11 is 5.99. The van der Waals surface area contributed by atoms with Crippen LogP contribution in [0.25, 0.3) is 22.0 Å². The molecule has 0 radical (unpaired) electrons. The van der Waals surface area contributed by atoms with Crippen molar-refractivity contribution >= 4 is 28.3 Å². The van der Waals surface area contributed by atoms with Gasteiger partial charge in [-0.2, -0.15) is 10.2 Å². The number of hydrogen-bond donors (Lipinski definition) is 0. The van der Waals surface area contributed by atoms with Crippen molar-refractivity contribution in [3.63, 3.8) is 0 Å². The molecule has 1 aliphatic heterocycles. The fraction of sp³-hybridized carbons (Fsp3) is 0.360. The second kappa shape index (κ2) is 8.42. The minimum Gasteiger partial charge on any atom is -0.367 e. The van der Waals surface area contributed by atoms with Gasteiger partial charge < -0.3 is 9.64 Å². The average Bonchev–Trinajstić information content (AvgIpc) is 3.57. The average molecular weight is 495 g/mol. The molecule has 1 saturated heterocycles. The van der Waals surface area contributed by atoms with E-state index in [1.807, 2.05) is 23.9 Å². The number of benzene rings is 1. The molecule has 0 spiro atoms. The monoisotopic (exact) mass is 494 g/mol. The number of aromatic nitrogens is 5. The summed E-state index contributed by atoms with van der Waals surface area (Å²) in [6.45, 7) is 3.13. The van der Waals surface area contributed by atoms with E-state index in [0.717, 1.165) is 18.4 Å². The molecule has 180 valence electrons. The summed E-state index contributed by atoms with van der Waals surface area (Å²) in [5.41, 5.74) is 1.78. The normalized spacial score (nSPS) is 20.5. The van der Waals surface area contributed by atoms with E-state index in [2.05, 4.69) is 21.3 Å². The molecule has 10 heteroatoms. The van der Waals surface area contributed by atoms with Crippen molar-refractivity contribution in [2.75, 3.05) is 18.0 Å². The first-order chi connectivity index (χ1) is 16.9. The molecule has 4 heterocycles. The van der Waals surface area contributed by atoms with E-state index < -0.39 is 5.82 Å². The third kappa shape index (κ3) is 4.08. The number of nitrogens with zero attached hydrogens (tertiary/aromatic N) is 6. The maximum atomic E-state index is 15.0. The minimum absolute atomic E-state index is 0.0773. The van der Waals surface area contributed by atoms with Gasteiger partial charge in [-0.15, -0.1) is 0 Å². The van der Waals surface area contributed by atoms with Crippen molar-refractivity contribution in [1.82, 2.24) is 24.5 Å². The summed E-state index contributed by atoms with van der Waals surface area (Å²) in [5, 5.41) is 9.44. The fourth-order valence-corrected chi connectivity index (χ4v) is 4.82. The Morgan fingerprint density at radius 2 is 1.94 bits per heavy atom. The molecular formula is C25H24ClFN6O2. The lowest BCUT2D eigenvalue weighted by Crippen LogP contribution is -2.43. The molecule has 0 bridgehead atoms. The number of ether oxygens (including phenoxy) is 1. The highest BCUT2D eigenvalue weighted by Gasteiger charge is 2.31. The molecule has 1 aromatic carbocycles. The lowest BCUT2D eigenvalue weighted by Gasteiger charge is -2.37. The van der Waals surface area contributed by atoms with E-state index in [0.29, 0.717) is 46.5 Å². The second-order valence-corrected chi connectivity index (χ2v) is 9.75. The summed E-state index contributed by atoms with van der Waals surface area (Å²) in [5.74, 6) is 0.109. The van der Waals surface area contributed by atoms with Gasteiger partial charge in [0.2, 0.25) is 0 Å². The van der Waals surface area contributed by atoms with Crippen LogP contribution in [0.1, 0.15) is 37.5 Å². The number of rotatable bonds is 4. The van der Waals surface area contributed by atoms with Gasteiger partial charge in [0, 0.05) is 41.3 Å². The quantitative estimate of drug-likeness (QED) is 0.421. The Morgan fingerprint density at radius 1 is 1.11 bits per heavy atom. The summed E-state index contributed by atoms with van der Waals surface area (Å²) < 4.78 is 24.5. The van der Waals surface area contributed by atoms with Gasteiger partial charge in [-0.25, -0.2) is 14.1 Å². The first kappa shape index (κ1) is 22.2. The molecular weight excluding hydrogens is 471 g/mol. The van der Waals surface area contributed by atoms with Crippen LogP contribution in [0.2, 0.25) is 5.02 Å². The first-order valence-corrected chi connectivity index (χ1v) is 12.0. The zero-order valence-corrected chi connectivity index (χ0v) is 20.1. The van der Waals surface area contributed by atoms with Gasteiger partial charge in [0.05, 0.1) is 31.1 Å². The van der Waals surface area contributed by atoms with E-state index >= 15 is 0 Å². The van der Waals surface area contributed by atoms with E-state index in [9.17, 15) is 9.18 Å². The van der Waals surface area contributed by atoms with Crippen LogP contribution in [-0.4, -0.2) is 43.7 Å². The molecule has 2 atom stereocenters. The SMILES string of the molecule is C[C@@H]1CN(c2cc(-c3ccc(Cl)cc3F)c3cnn(C)c(=O)c3n2)C[C@@H](c2cnn(C3CC3)c2)O1. The van der Waals surface area contributed by atoms with Gasteiger partial charge in [0.1, 0.15) is 23.3 Å². The zero-order valence-electron chi connectivity index (χ0n) is 19.4. The molecule has 6 rings (SSSR count). The number of hydrogen-bond acceptors (Lipinski definition) is 6. The standard InChI is InChI=1S/C25H24ClFN6O2/c1-14-11-32(13-22(35-14)15-9-29-33(12-15)17-4-5-17)23-8-19(18-6-3-16(26)7-21(18)27)20-10-28-31(2)25(34)24(20)30-23/h3,6-10,12,14,17,22H,4-5,11,13H2,1-2H3/t14-,22+/m1/s1. The van der Waals surface area contributed by atoms with Gasteiger partial charge in [-0.1, -0.05) is 11.6 Å². The number of fused-ring (bicyclic) bond motifs is 1. The van der Waals surface area contributed by atoms with Crippen molar-refractivity contribution in [3.05, 3.63) is 69.6 Å². The molecule has 2 fully saturated rings. The van der Waals surface area contributed by atoms with Crippen LogP contribution < -0.4 is 10.5 Å². The molecule has 8 nitrogen and oxygen atoms in total. The predicted molar refractivity (Wildman–Crippen MR) is 131 cm³/mol. The predicted octanol–water partition coefficient (Wildman–Crippen LogP) is 4.29. The van der Waals surface area contributed by atoms with Gasteiger partial charge in [-0.3, -0.25) is 9.48 Å². The Balaban J connectivity index is 1.45. The molecule has 35 heavy (non-hydrogen) atoms. The van der Waals surface area contributed by atoms with E-state index in [4.69, 9.17) is 21.3 Å². The fourth-order valence-electron chi connectivity index (χ4n) is 4.66. The Kier molecular flexibility index (Phi) is 5.34. The van der Waals surface area contributed by atoms with Crippen molar-refractivity contribution in [2.45, 2.75) is 38.0 Å². The largest absolute Gasteiger partial charge is 0.367 e. The second-order valence-electron chi connectivity index (χ2n) is 9.31. The molecule has 1 saturated carbocycles. The number of aryl methyl sites for hydroxylation is 1. The van der Waals surface area contributed by atoms with Gasteiger partial charge >= 0.3 is 0 Å². The van der Waals surface area contributed by atoms with Crippen molar-refractivity contribution in [2.24, 2.45) is 7.05 Å². The molecule has 2 aliphatic rings. The lowest BCUT2D eigenvalue weighted by atomic mass is 10.0. The maximum Gasteiger partial charge on any atom is 0.293 e. The summed E-state index contributed by atoms with van der Waals surface area (Å²) in [6.07, 6.45) is 7.51. The van der Waals surface area contributed by atoms with Crippen molar-refractivity contribution in [3.8, 4) is 11.1 Å². The van der Waals surface area contributed by atoms with Crippen LogP contribution in [0.3, 0.4) is 0 Å². The number of morpholine rings is 1. The van der Waals surface area contributed by atoms with Crippen molar-refractivity contribution < 1.29 is 9.13 Å².